The number of anilines is 1. The van der Waals surface area contributed by atoms with Gasteiger partial charge >= 0.3 is 0 Å². The molecule has 26 heavy (non-hydrogen) atoms. The molecule has 0 spiro atoms. The Labute approximate surface area is 148 Å². The van der Waals surface area contributed by atoms with E-state index in [0.29, 0.717) is 29.3 Å². The number of methoxy groups -OCH3 is 1. The smallest absolute Gasteiger partial charge is 0.263 e. The second-order valence-corrected chi connectivity index (χ2v) is 5.71. The van der Waals surface area contributed by atoms with Crippen LogP contribution in [-0.2, 0) is 4.74 Å². The number of fused-ring (bicyclic) bond motifs is 1. The summed E-state index contributed by atoms with van der Waals surface area (Å²) in [5.74, 6) is 1.00. The van der Waals surface area contributed by atoms with Crippen LogP contribution < -0.4 is 10.9 Å². The lowest BCUT2D eigenvalue weighted by Gasteiger charge is -2.16. The van der Waals surface area contributed by atoms with Crippen LogP contribution in [0.5, 0.6) is 0 Å². The Morgan fingerprint density at radius 1 is 1.27 bits per heavy atom. The van der Waals surface area contributed by atoms with Gasteiger partial charge in [-0.1, -0.05) is 18.2 Å². The van der Waals surface area contributed by atoms with Crippen molar-refractivity contribution < 1.29 is 9.15 Å². The van der Waals surface area contributed by atoms with Gasteiger partial charge in [-0.2, -0.15) is 10.1 Å². The predicted octanol–water partition coefficient (Wildman–Crippen LogP) is 2.50. The third-order valence-electron chi connectivity index (χ3n) is 3.97. The van der Waals surface area contributed by atoms with Gasteiger partial charge in [0.1, 0.15) is 17.2 Å². The molecular weight excluding hydrogens is 334 g/mol. The first kappa shape index (κ1) is 16.1. The number of furan rings is 1. The number of benzene rings is 1. The van der Waals surface area contributed by atoms with E-state index in [-0.39, 0.29) is 11.6 Å². The molecule has 2 N–H and O–H groups in total. The van der Waals surface area contributed by atoms with Crippen LogP contribution in [0.25, 0.3) is 16.7 Å². The van der Waals surface area contributed by atoms with Crippen LogP contribution in [0.3, 0.4) is 0 Å². The van der Waals surface area contributed by atoms with Crippen molar-refractivity contribution in [2.75, 3.05) is 19.0 Å². The molecule has 0 aliphatic carbocycles. The van der Waals surface area contributed by atoms with Crippen LogP contribution in [0.1, 0.15) is 11.8 Å². The van der Waals surface area contributed by atoms with Gasteiger partial charge in [-0.3, -0.25) is 9.78 Å². The zero-order valence-electron chi connectivity index (χ0n) is 14.0. The van der Waals surface area contributed by atoms with Crippen LogP contribution in [0.4, 0.5) is 5.95 Å². The van der Waals surface area contributed by atoms with Crippen LogP contribution in [0, 0.1) is 0 Å². The second-order valence-electron chi connectivity index (χ2n) is 5.71. The van der Waals surface area contributed by atoms with Crippen LogP contribution in [0.15, 0.2) is 64.1 Å². The van der Waals surface area contributed by atoms with Gasteiger partial charge < -0.3 is 14.5 Å². The minimum Gasteiger partial charge on any atom is -0.467 e. The number of H-pyrrole nitrogens is 1. The van der Waals surface area contributed by atoms with Gasteiger partial charge in [0.15, 0.2) is 5.65 Å². The first-order valence-electron chi connectivity index (χ1n) is 8.08. The molecule has 3 aromatic heterocycles. The van der Waals surface area contributed by atoms with E-state index in [1.807, 2.05) is 36.4 Å². The van der Waals surface area contributed by atoms with Crippen LogP contribution in [-0.4, -0.2) is 33.5 Å². The fourth-order valence-electron chi connectivity index (χ4n) is 2.76. The van der Waals surface area contributed by atoms with E-state index < -0.39 is 0 Å². The number of hydrogen-bond acceptors (Lipinski definition) is 6. The highest BCUT2D eigenvalue weighted by molar-refractivity contribution is 5.76. The summed E-state index contributed by atoms with van der Waals surface area (Å²) < 4.78 is 12.3. The van der Waals surface area contributed by atoms with Crippen LogP contribution in [0.2, 0.25) is 0 Å². The number of nitrogens with one attached hydrogen (secondary N) is 2. The highest BCUT2D eigenvalue weighted by Gasteiger charge is 2.17. The van der Waals surface area contributed by atoms with Gasteiger partial charge in [0.05, 0.1) is 24.8 Å². The molecule has 0 saturated heterocycles. The second kappa shape index (κ2) is 6.85. The molecule has 1 unspecified atom stereocenters. The van der Waals surface area contributed by atoms with Gasteiger partial charge in [-0.15, -0.1) is 0 Å². The fraction of sp³-hybridized carbons (Fsp3) is 0.167. The van der Waals surface area contributed by atoms with Crippen molar-refractivity contribution in [2.24, 2.45) is 0 Å². The maximum atomic E-state index is 12.4. The summed E-state index contributed by atoms with van der Waals surface area (Å²) in [5.41, 5.74) is 1.03. The summed E-state index contributed by atoms with van der Waals surface area (Å²) in [4.78, 5) is 19.7. The quantitative estimate of drug-likeness (QED) is 0.554. The van der Waals surface area contributed by atoms with Crippen LogP contribution >= 0.6 is 0 Å². The summed E-state index contributed by atoms with van der Waals surface area (Å²) in [7, 11) is 1.60. The molecule has 8 nitrogen and oxygen atoms in total. The van der Waals surface area contributed by atoms with Crippen molar-refractivity contribution in [1.82, 2.24) is 19.7 Å². The molecule has 3 heterocycles. The lowest BCUT2D eigenvalue weighted by Crippen LogP contribution is -2.20. The molecule has 4 aromatic rings. The molecule has 132 valence electrons. The Bertz CT molecular complexity index is 1050. The molecule has 0 saturated carbocycles. The molecule has 0 bridgehead atoms. The molecule has 1 atom stereocenters. The summed E-state index contributed by atoms with van der Waals surface area (Å²) in [5, 5.41) is 7.87. The number of para-hydroxylation sites is 1. The largest absolute Gasteiger partial charge is 0.467 e. The van der Waals surface area contributed by atoms with E-state index in [1.54, 1.807) is 24.1 Å². The minimum atomic E-state index is -0.288. The first-order chi connectivity index (χ1) is 12.8. The van der Waals surface area contributed by atoms with E-state index in [2.05, 4.69) is 20.4 Å². The fourth-order valence-corrected chi connectivity index (χ4v) is 2.76. The van der Waals surface area contributed by atoms with Crippen molar-refractivity contribution in [3.8, 4) is 5.69 Å². The van der Waals surface area contributed by atoms with Crippen molar-refractivity contribution in [2.45, 2.75) is 6.04 Å². The normalized spacial score (nSPS) is 12.3. The maximum absolute atomic E-state index is 12.4. The van der Waals surface area contributed by atoms with E-state index in [9.17, 15) is 4.79 Å². The molecule has 0 amide bonds. The summed E-state index contributed by atoms with van der Waals surface area (Å²) in [6.45, 7) is 0.354. The molecule has 4 rings (SSSR count). The third kappa shape index (κ3) is 2.98. The van der Waals surface area contributed by atoms with Crippen molar-refractivity contribution in [3.63, 3.8) is 0 Å². The zero-order chi connectivity index (χ0) is 17.9. The summed E-state index contributed by atoms with van der Waals surface area (Å²) >= 11 is 0. The molecule has 0 fully saturated rings. The Balaban J connectivity index is 1.75. The maximum Gasteiger partial charge on any atom is 0.263 e. The average molecular weight is 351 g/mol. The van der Waals surface area contributed by atoms with E-state index in [0.717, 1.165) is 5.69 Å². The van der Waals surface area contributed by atoms with Crippen molar-refractivity contribution >= 4 is 17.0 Å². The van der Waals surface area contributed by atoms with Gasteiger partial charge in [0, 0.05) is 7.11 Å². The number of ether oxygens (including phenoxy) is 1. The van der Waals surface area contributed by atoms with Crippen molar-refractivity contribution in [3.05, 3.63) is 71.0 Å². The number of aromatic nitrogens is 4. The molecule has 1 aromatic carbocycles. The lowest BCUT2D eigenvalue weighted by atomic mass is 10.2. The molecule has 0 radical (unpaired) electrons. The van der Waals surface area contributed by atoms with E-state index in [4.69, 9.17) is 9.15 Å². The molecule has 0 aliphatic rings. The summed E-state index contributed by atoms with van der Waals surface area (Å²) in [6, 6.07) is 12.9. The first-order valence-corrected chi connectivity index (χ1v) is 8.08. The minimum absolute atomic E-state index is 0.268. The number of nitrogens with zero attached hydrogens (tertiary/aromatic N) is 3. The molecule has 0 aliphatic heterocycles. The Morgan fingerprint density at radius 2 is 2.12 bits per heavy atom. The highest BCUT2D eigenvalue weighted by Crippen LogP contribution is 2.20. The Morgan fingerprint density at radius 3 is 2.85 bits per heavy atom. The number of aromatic amines is 1. The van der Waals surface area contributed by atoms with Gasteiger partial charge in [0.25, 0.3) is 5.56 Å². The average Bonchev–Trinajstić information content (AvgIpc) is 3.32. The lowest BCUT2D eigenvalue weighted by molar-refractivity contribution is 0.178. The van der Waals surface area contributed by atoms with Gasteiger partial charge in [-0.25, -0.2) is 4.68 Å². The zero-order valence-corrected chi connectivity index (χ0v) is 14.0. The van der Waals surface area contributed by atoms with E-state index in [1.165, 1.54) is 6.20 Å². The Hall–Kier alpha value is -3.39. The predicted molar refractivity (Wildman–Crippen MR) is 96.4 cm³/mol. The highest BCUT2D eigenvalue weighted by atomic mass is 16.5. The molecule has 8 heteroatoms. The SMILES string of the molecule is COCC(Nc1nc2c(cnn2-c2ccccc2)c(=O)[nH]1)c1ccco1. The Kier molecular flexibility index (Phi) is 4.24. The number of rotatable bonds is 6. The summed E-state index contributed by atoms with van der Waals surface area (Å²) in [6.07, 6.45) is 3.10. The van der Waals surface area contributed by atoms with Crippen molar-refractivity contribution in [1.29, 1.82) is 0 Å². The third-order valence-corrected chi connectivity index (χ3v) is 3.97. The number of hydrogen-bond donors (Lipinski definition) is 2. The monoisotopic (exact) mass is 351 g/mol. The molecular formula is C18H17N5O3. The van der Waals surface area contributed by atoms with E-state index >= 15 is 0 Å². The van der Waals surface area contributed by atoms with Gasteiger partial charge in [-0.05, 0) is 24.3 Å². The standard InChI is InChI=1S/C18H17N5O3/c1-25-11-14(15-8-5-9-26-15)20-18-21-16-13(17(24)22-18)10-19-23(16)12-6-3-2-4-7-12/h2-10,14H,11H2,1H3,(H2,20,21,22,24). The van der Waals surface area contributed by atoms with Gasteiger partial charge in [0.2, 0.25) is 5.95 Å². The topological polar surface area (TPSA) is 98.0 Å².